The Morgan fingerprint density at radius 2 is 1.68 bits per heavy atom. The van der Waals surface area contributed by atoms with Crippen molar-refractivity contribution >= 4 is 29.4 Å². The number of nitrogens with zero attached hydrogens (tertiary/aromatic N) is 4. The van der Waals surface area contributed by atoms with Gasteiger partial charge in [-0.2, -0.15) is 18.2 Å². The lowest BCUT2D eigenvalue weighted by Crippen LogP contribution is -2.49. The van der Waals surface area contributed by atoms with Crippen molar-refractivity contribution in [1.82, 2.24) is 24.8 Å². The van der Waals surface area contributed by atoms with E-state index in [1.54, 1.807) is 6.20 Å². The van der Waals surface area contributed by atoms with Crippen molar-refractivity contribution in [2.75, 3.05) is 38.0 Å². The third kappa shape index (κ3) is 7.16. The fraction of sp³-hybridized carbons (Fsp3) is 0.600. The van der Waals surface area contributed by atoms with Crippen molar-refractivity contribution in [3.8, 4) is 11.1 Å². The molecule has 3 aromatic rings. The first-order valence-corrected chi connectivity index (χ1v) is 14.7. The van der Waals surface area contributed by atoms with Crippen molar-refractivity contribution in [3.63, 3.8) is 0 Å². The summed E-state index contributed by atoms with van der Waals surface area (Å²) in [6.07, 6.45) is 4.07. The van der Waals surface area contributed by atoms with Crippen molar-refractivity contribution in [1.29, 1.82) is 0 Å². The largest absolute Gasteiger partial charge is 0.393 e. The molecule has 3 N–H and O–H groups in total. The third-order valence-electron chi connectivity index (χ3n) is 9.11. The second-order valence-electron chi connectivity index (χ2n) is 11.9. The summed E-state index contributed by atoms with van der Waals surface area (Å²) in [6, 6.07) is 8.88. The lowest BCUT2D eigenvalue weighted by molar-refractivity contribution is -0.131. The number of aromatic nitrogens is 3. The molecule has 2 aromatic heterocycles. The van der Waals surface area contributed by atoms with Crippen LogP contribution in [0.5, 0.6) is 0 Å². The number of aliphatic hydroxyl groups is 1. The Hall–Kier alpha value is -2.40. The first-order chi connectivity index (χ1) is 19.3. The second kappa shape index (κ2) is 12.9. The number of hydrogen-bond acceptors (Lipinski definition) is 6. The molecule has 0 bridgehead atoms. The molecule has 1 aromatic carbocycles. The van der Waals surface area contributed by atoms with Gasteiger partial charge >= 0.3 is 6.18 Å². The van der Waals surface area contributed by atoms with E-state index in [1.807, 2.05) is 0 Å². The molecular weight excluding hydrogens is 553 g/mol. The molecule has 3 aliphatic rings. The van der Waals surface area contributed by atoms with Gasteiger partial charge in [-0.05, 0) is 87.7 Å². The summed E-state index contributed by atoms with van der Waals surface area (Å²) in [5.74, 6) is 1.94. The van der Waals surface area contributed by atoms with Gasteiger partial charge < -0.3 is 20.3 Å². The maximum absolute atomic E-state index is 12.7. The summed E-state index contributed by atoms with van der Waals surface area (Å²) in [5.41, 5.74) is 4.10. The van der Waals surface area contributed by atoms with Crippen molar-refractivity contribution in [3.05, 3.63) is 42.2 Å². The minimum atomic E-state index is -4.23. The molecule has 0 radical (unpaired) electrons. The number of halogens is 4. The van der Waals surface area contributed by atoms with Gasteiger partial charge in [-0.15, -0.1) is 12.4 Å². The average Bonchev–Trinajstić information content (AvgIpc) is 3.28. The number of piperidine rings is 1. The zero-order valence-electron chi connectivity index (χ0n) is 23.2. The lowest BCUT2D eigenvalue weighted by atomic mass is 9.81. The number of fused-ring (bicyclic) bond motifs is 1. The Labute approximate surface area is 245 Å². The number of alkyl halides is 3. The maximum atomic E-state index is 12.7. The molecule has 11 heteroatoms. The molecule has 2 aliphatic heterocycles. The van der Waals surface area contributed by atoms with Crippen LogP contribution in [0.25, 0.3) is 22.2 Å². The molecule has 0 unspecified atom stereocenters. The number of anilines is 1. The Morgan fingerprint density at radius 1 is 0.976 bits per heavy atom. The monoisotopic (exact) mass is 592 g/mol. The van der Waals surface area contributed by atoms with Crippen LogP contribution in [-0.2, 0) is 6.54 Å². The Morgan fingerprint density at radius 3 is 2.32 bits per heavy atom. The zero-order valence-corrected chi connectivity index (χ0v) is 24.1. The van der Waals surface area contributed by atoms with Crippen LogP contribution in [0.1, 0.15) is 56.6 Å². The SMILES string of the molecule is Cl.OC1CCC(n2cc(-c3ccc(CN4CCC(C5CNC5)CC4)cc3)c3cnc(NCCC(F)(F)F)nc32)CC1. The molecular formula is C30H40ClF3N6O. The van der Waals surface area contributed by atoms with Gasteiger partial charge in [-0.1, -0.05) is 24.3 Å². The van der Waals surface area contributed by atoms with E-state index in [-0.39, 0.29) is 37.0 Å². The summed E-state index contributed by atoms with van der Waals surface area (Å²) in [4.78, 5) is 11.6. The van der Waals surface area contributed by atoms with Gasteiger partial charge in [0.2, 0.25) is 5.95 Å². The smallest absolute Gasteiger partial charge is 0.390 e. The summed E-state index contributed by atoms with van der Waals surface area (Å²) >= 11 is 0. The molecule has 1 aliphatic carbocycles. The van der Waals surface area contributed by atoms with Gasteiger partial charge in [0.15, 0.2) is 0 Å². The molecule has 0 amide bonds. The molecule has 7 nitrogen and oxygen atoms in total. The average molecular weight is 593 g/mol. The van der Waals surface area contributed by atoms with E-state index in [9.17, 15) is 18.3 Å². The molecule has 1 saturated carbocycles. The van der Waals surface area contributed by atoms with Gasteiger partial charge in [0.05, 0.1) is 12.5 Å². The highest BCUT2D eigenvalue weighted by Crippen LogP contribution is 2.37. The minimum absolute atomic E-state index is 0. The van der Waals surface area contributed by atoms with Crippen LogP contribution in [-0.4, -0.2) is 69.5 Å². The van der Waals surface area contributed by atoms with Crippen LogP contribution in [0.4, 0.5) is 19.1 Å². The Bertz CT molecular complexity index is 1280. The van der Waals surface area contributed by atoms with Crippen molar-refractivity contribution in [2.45, 2.75) is 69.8 Å². The molecule has 224 valence electrons. The number of nitrogens with one attached hydrogen (secondary N) is 2. The molecule has 3 fully saturated rings. The maximum Gasteiger partial charge on any atom is 0.390 e. The second-order valence-corrected chi connectivity index (χ2v) is 11.9. The lowest BCUT2D eigenvalue weighted by Gasteiger charge is -2.40. The van der Waals surface area contributed by atoms with E-state index in [0.717, 1.165) is 79.3 Å². The predicted molar refractivity (Wildman–Crippen MR) is 157 cm³/mol. The standard InChI is InChI=1S/C30H39F3N6O.ClH/c31-30(32,33)11-12-35-29-36-17-26-27(19-39(28(26)37-29)24-5-7-25(40)8-6-24)22-3-1-20(2-4-22)18-38-13-9-21(10-14-38)23-15-34-16-23;/h1-4,17,19,21,23-25,34,40H,5-16,18H2,(H,35,36,37);1H. The molecule has 0 spiro atoms. The highest BCUT2D eigenvalue weighted by atomic mass is 35.5. The highest BCUT2D eigenvalue weighted by molar-refractivity contribution is 5.94. The Balaban J connectivity index is 0.00000337. The fourth-order valence-corrected chi connectivity index (χ4v) is 6.55. The van der Waals surface area contributed by atoms with Gasteiger partial charge in [-0.25, -0.2) is 4.98 Å². The van der Waals surface area contributed by atoms with E-state index in [2.05, 4.69) is 60.5 Å². The summed E-state index contributed by atoms with van der Waals surface area (Å²) in [7, 11) is 0. The van der Waals surface area contributed by atoms with Crippen LogP contribution < -0.4 is 10.6 Å². The number of benzene rings is 1. The number of likely N-dealkylation sites (tertiary alicyclic amines) is 1. The number of aliphatic hydroxyl groups excluding tert-OH is 1. The van der Waals surface area contributed by atoms with Gasteiger partial charge in [0.25, 0.3) is 0 Å². The van der Waals surface area contributed by atoms with Crippen LogP contribution in [0, 0.1) is 11.8 Å². The van der Waals surface area contributed by atoms with Crippen molar-refractivity contribution in [2.24, 2.45) is 11.8 Å². The van der Waals surface area contributed by atoms with E-state index in [1.165, 1.54) is 31.5 Å². The van der Waals surface area contributed by atoms with Crippen LogP contribution in [0.3, 0.4) is 0 Å². The molecule has 2 saturated heterocycles. The first-order valence-electron chi connectivity index (χ1n) is 14.7. The van der Waals surface area contributed by atoms with Crippen LogP contribution in [0.2, 0.25) is 0 Å². The summed E-state index contributed by atoms with van der Waals surface area (Å²) < 4.78 is 40.1. The Kier molecular flexibility index (Phi) is 9.43. The molecule has 6 rings (SSSR count). The third-order valence-corrected chi connectivity index (χ3v) is 9.11. The summed E-state index contributed by atoms with van der Waals surface area (Å²) in [6.45, 7) is 5.37. The minimum Gasteiger partial charge on any atom is -0.393 e. The first kappa shape index (κ1) is 30.1. The normalized spacial score (nSPS) is 22.8. The molecule has 4 heterocycles. The van der Waals surface area contributed by atoms with Crippen LogP contribution in [0.15, 0.2) is 36.7 Å². The van der Waals surface area contributed by atoms with Gasteiger partial charge in [-0.3, -0.25) is 4.90 Å². The zero-order chi connectivity index (χ0) is 27.7. The topological polar surface area (TPSA) is 78.2 Å². The summed E-state index contributed by atoms with van der Waals surface area (Å²) in [5, 5.41) is 17.1. The van der Waals surface area contributed by atoms with Crippen LogP contribution >= 0.6 is 12.4 Å². The highest BCUT2D eigenvalue weighted by Gasteiger charge is 2.30. The van der Waals surface area contributed by atoms with E-state index in [4.69, 9.17) is 0 Å². The van der Waals surface area contributed by atoms with Crippen molar-refractivity contribution < 1.29 is 18.3 Å². The molecule has 0 atom stereocenters. The quantitative estimate of drug-likeness (QED) is 0.307. The van der Waals surface area contributed by atoms with E-state index < -0.39 is 12.6 Å². The fourth-order valence-electron chi connectivity index (χ4n) is 6.55. The van der Waals surface area contributed by atoms with E-state index in [0.29, 0.717) is 0 Å². The van der Waals surface area contributed by atoms with Gasteiger partial charge in [0, 0.05) is 42.5 Å². The van der Waals surface area contributed by atoms with Gasteiger partial charge in [0.1, 0.15) is 5.65 Å². The molecule has 41 heavy (non-hydrogen) atoms. The predicted octanol–water partition coefficient (Wildman–Crippen LogP) is 5.79. The number of hydrogen-bond donors (Lipinski definition) is 3. The number of rotatable bonds is 8. The van der Waals surface area contributed by atoms with E-state index >= 15 is 0 Å².